The minimum absolute atomic E-state index is 0.177. The number of halogens is 1. The third-order valence-corrected chi connectivity index (χ3v) is 6.22. The summed E-state index contributed by atoms with van der Waals surface area (Å²) in [6.07, 6.45) is 9.24. The van der Waals surface area contributed by atoms with E-state index in [0.29, 0.717) is 5.88 Å². The van der Waals surface area contributed by atoms with Gasteiger partial charge in [-0.1, -0.05) is 84.1 Å². The fraction of sp³-hybridized carbons (Fsp3) is 0.346. The van der Waals surface area contributed by atoms with E-state index in [-0.39, 0.29) is 6.04 Å². The molecule has 0 saturated heterocycles. The van der Waals surface area contributed by atoms with Crippen LogP contribution in [0.2, 0.25) is 0 Å². The Hall–Kier alpha value is -2.73. The van der Waals surface area contributed by atoms with Gasteiger partial charge in [0.25, 0.3) is 0 Å². The van der Waals surface area contributed by atoms with Crippen LogP contribution < -0.4 is 4.74 Å². The molecular formula is C26H29BrN4O. The number of methoxy groups -OCH3 is 1. The molecule has 1 atom stereocenters. The second-order valence-corrected chi connectivity index (χ2v) is 9.01. The Bertz CT molecular complexity index is 1160. The monoisotopic (exact) mass is 492 g/mol. The van der Waals surface area contributed by atoms with Gasteiger partial charge in [0, 0.05) is 21.6 Å². The van der Waals surface area contributed by atoms with E-state index in [4.69, 9.17) is 9.72 Å². The number of nitrogens with zero attached hydrogens (tertiary/aromatic N) is 4. The molecule has 0 amide bonds. The van der Waals surface area contributed by atoms with Gasteiger partial charge >= 0.3 is 0 Å². The molecule has 2 aromatic carbocycles. The van der Waals surface area contributed by atoms with Gasteiger partial charge in [-0.05, 0) is 42.7 Å². The van der Waals surface area contributed by atoms with Gasteiger partial charge in [-0.3, -0.25) is 0 Å². The number of aryl methyl sites for hydroxylation is 1. The summed E-state index contributed by atoms with van der Waals surface area (Å²) in [6, 6.07) is 18.4. The lowest BCUT2D eigenvalue weighted by Gasteiger charge is -2.20. The first-order valence-corrected chi connectivity index (χ1v) is 12.1. The van der Waals surface area contributed by atoms with Crippen molar-refractivity contribution in [3.8, 4) is 5.88 Å². The topological polar surface area (TPSA) is 52.8 Å². The van der Waals surface area contributed by atoms with Crippen molar-refractivity contribution in [2.75, 3.05) is 7.11 Å². The number of rotatable bonds is 10. The lowest BCUT2D eigenvalue weighted by molar-refractivity contribution is 0.387. The highest BCUT2D eigenvalue weighted by atomic mass is 79.9. The normalized spacial score (nSPS) is 12.2. The maximum absolute atomic E-state index is 5.73. The summed E-state index contributed by atoms with van der Waals surface area (Å²) in [5, 5.41) is 10.1. The van der Waals surface area contributed by atoms with E-state index in [9.17, 15) is 0 Å². The second kappa shape index (κ2) is 10.7. The SMILES string of the molecule is CCCCCCCc1cn(C(c2ccccc2)c2cc3cc(Br)ccc3nc2OC)nn1. The number of pyridine rings is 1. The first kappa shape index (κ1) is 22.5. The molecule has 0 bridgehead atoms. The summed E-state index contributed by atoms with van der Waals surface area (Å²) in [5.74, 6) is 0.602. The summed E-state index contributed by atoms with van der Waals surface area (Å²) >= 11 is 3.58. The maximum Gasteiger partial charge on any atom is 0.219 e. The Balaban J connectivity index is 1.72. The highest BCUT2D eigenvalue weighted by molar-refractivity contribution is 9.10. The van der Waals surface area contributed by atoms with Crippen LogP contribution in [0.1, 0.15) is 61.9 Å². The van der Waals surface area contributed by atoms with Crippen LogP contribution >= 0.6 is 15.9 Å². The summed E-state index contributed by atoms with van der Waals surface area (Å²) in [5.41, 5.74) is 4.00. The highest BCUT2D eigenvalue weighted by Crippen LogP contribution is 2.34. The fourth-order valence-corrected chi connectivity index (χ4v) is 4.46. The third kappa shape index (κ3) is 5.18. The first-order valence-electron chi connectivity index (χ1n) is 11.3. The minimum atomic E-state index is -0.177. The average Bonchev–Trinajstić information content (AvgIpc) is 3.27. The molecule has 1 unspecified atom stereocenters. The van der Waals surface area contributed by atoms with Crippen molar-refractivity contribution in [1.29, 1.82) is 0 Å². The molecule has 4 rings (SSSR count). The number of fused-ring (bicyclic) bond motifs is 1. The summed E-state index contributed by atoms with van der Waals surface area (Å²) in [4.78, 5) is 4.79. The van der Waals surface area contributed by atoms with E-state index in [2.05, 4.69) is 63.6 Å². The van der Waals surface area contributed by atoms with Gasteiger partial charge in [-0.15, -0.1) is 5.10 Å². The predicted molar refractivity (Wildman–Crippen MR) is 132 cm³/mol. The van der Waals surface area contributed by atoms with Crippen molar-refractivity contribution in [3.63, 3.8) is 0 Å². The van der Waals surface area contributed by atoms with Crippen molar-refractivity contribution in [2.45, 2.75) is 51.5 Å². The summed E-state index contributed by atoms with van der Waals surface area (Å²) in [6.45, 7) is 2.24. The molecule has 0 radical (unpaired) electrons. The van der Waals surface area contributed by atoms with Crippen LogP contribution in [0.15, 0.2) is 65.3 Å². The van der Waals surface area contributed by atoms with Gasteiger partial charge in [-0.2, -0.15) is 0 Å². The van der Waals surface area contributed by atoms with E-state index >= 15 is 0 Å². The molecule has 2 heterocycles. The minimum Gasteiger partial charge on any atom is -0.481 e. The number of unbranched alkanes of at least 4 members (excludes halogenated alkanes) is 4. The second-order valence-electron chi connectivity index (χ2n) is 8.09. The molecular weight excluding hydrogens is 464 g/mol. The number of ether oxygens (including phenoxy) is 1. The summed E-state index contributed by atoms with van der Waals surface area (Å²) < 4.78 is 8.70. The number of benzene rings is 2. The Morgan fingerprint density at radius 1 is 1.00 bits per heavy atom. The van der Waals surface area contributed by atoms with Gasteiger partial charge in [0.2, 0.25) is 5.88 Å². The third-order valence-electron chi connectivity index (χ3n) is 5.73. The average molecular weight is 493 g/mol. The molecule has 166 valence electrons. The summed E-state index contributed by atoms with van der Waals surface area (Å²) in [7, 11) is 1.67. The molecule has 0 aliphatic rings. The number of aromatic nitrogens is 4. The molecule has 0 spiro atoms. The molecule has 6 heteroatoms. The Kier molecular flexibility index (Phi) is 7.53. The van der Waals surface area contributed by atoms with E-state index in [0.717, 1.165) is 45.0 Å². The van der Waals surface area contributed by atoms with Crippen LogP contribution in [0.5, 0.6) is 5.88 Å². The van der Waals surface area contributed by atoms with E-state index < -0.39 is 0 Å². The number of hydrogen-bond donors (Lipinski definition) is 0. The largest absolute Gasteiger partial charge is 0.481 e. The fourth-order valence-electron chi connectivity index (χ4n) is 4.08. The number of hydrogen-bond acceptors (Lipinski definition) is 4. The van der Waals surface area contributed by atoms with Crippen LogP contribution in [0.4, 0.5) is 0 Å². The van der Waals surface area contributed by atoms with Crippen molar-refractivity contribution in [1.82, 2.24) is 20.0 Å². The van der Waals surface area contributed by atoms with Crippen molar-refractivity contribution >= 4 is 26.8 Å². The van der Waals surface area contributed by atoms with Crippen molar-refractivity contribution < 1.29 is 4.74 Å². The molecule has 0 fully saturated rings. The lowest BCUT2D eigenvalue weighted by atomic mass is 9.98. The molecule has 5 nitrogen and oxygen atoms in total. The quantitative estimate of drug-likeness (QED) is 0.230. The predicted octanol–water partition coefficient (Wildman–Crippen LogP) is 6.75. The van der Waals surface area contributed by atoms with E-state index in [1.807, 2.05) is 35.0 Å². The van der Waals surface area contributed by atoms with Gasteiger partial charge in [-0.25, -0.2) is 9.67 Å². The van der Waals surface area contributed by atoms with Gasteiger partial charge in [0.15, 0.2) is 0 Å². The lowest BCUT2D eigenvalue weighted by Crippen LogP contribution is -2.15. The van der Waals surface area contributed by atoms with Crippen LogP contribution in [0.25, 0.3) is 10.9 Å². The molecule has 4 aromatic rings. The smallest absolute Gasteiger partial charge is 0.219 e. The molecule has 2 aromatic heterocycles. The Morgan fingerprint density at radius 2 is 1.81 bits per heavy atom. The van der Waals surface area contributed by atoms with Gasteiger partial charge in [0.05, 0.1) is 18.3 Å². The zero-order valence-electron chi connectivity index (χ0n) is 18.7. The first-order chi connectivity index (χ1) is 15.7. The Morgan fingerprint density at radius 3 is 2.59 bits per heavy atom. The standard InChI is InChI=1S/C26H29BrN4O/c1-3-4-5-6-10-13-22-18-31(30-29-22)25(19-11-8-7-9-12-19)23-17-20-16-21(27)14-15-24(20)28-26(23)32-2/h7-9,11-12,14-18,25H,3-6,10,13H2,1-2H3. The molecule has 0 aliphatic heterocycles. The van der Waals surface area contributed by atoms with Gasteiger partial charge in [0.1, 0.15) is 6.04 Å². The zero-order valence-corrected chi connectivity index (χ0v) is 20.3. The van der Waals surface area contributed by atoms with E-state index in [1.165, 1.54) is 25.7 Å². The highest BCUT2D eigenvalue weighted by Gasteiger charge is 2.23. The van der Waals surface area contributed by atoms with Crippen molar-refractivity contribution in [3.05, 3.63) is 82.1 Å². The van der Waals surface area contributed by atoms with Crippen molar-refractivity contribution in [2.24, 2.45) is 0 Å². The van der Waals surface area contributed by atoms with Crippen LogP contribution in [0, 0.1) is 0 Å². The molecule has 0 aliphatic carbocycles. The van der Waals surface area contributed by atoms with Crippen LogP contribution in [0.3, 0.4) is 0 Å². The molecule has 32 heavy (non-hydrogen) atoms. The maximum atomic E-state index is 5.73. The van der Waals surface area contributed by atoms with Crippen LogP contribution in [-0.2, 0) is 6.42 Å². The van der Waals surface area contributed by atoms with Gasteiger partial charge < -0.3 is 4.74 Å². The zero-order chi connectivity index (χ0) is 22.3. The van der Waals surface area contributed by atoms with Crippen LogP contribution in [-0.4, -0.2) is 27.1 Å². The molecule has 0 N–H and O–H groups in total. The van der Waals surface area contributed by atoms with E-state index in [1.54, 1.807) is 7.11 Å². The molecule has 0 saturated carbocycles. The Labute approximate surface area is 198 Å².